The maximum Gasteiger partial charge on any atom is 0.195 e. The van der Waals surface area contributed by atoms with E-state index >= 15 is 0 Å². The number of hydrogen-bond acceptors (Lipinski definition) is 3. The Kier molecular flexibility index (Phi) is 3.76. The Morgan fingerprint density at radius 1 is 1.44 bits per heavy atom. The molecule has 0 atom stereocenters. The van der Waals surface area contributed by atoms with Crippen LogP contribution in [0.2, 0.25) is 0 Å². The molecule has 0 unspecified atom stereocenters. The van der Waals surface area contributed by atoms with Crippen molar-refractivity contribution in [3.05, 3.63) is 10.6 Å². The van der Waals surface area contributed by atoms with Crippen LogP contribution in [0.5, 0.6) is 0 Å². The normalized spacial score (nSPS) is 19.1. The van der Waals surface area contributed by atoms with Gasteiger partial charge >= 0.3 is 0 Å². The molecule has 1 aliphatic rings. The highest BCUT2D eigenvalue weighted by molar-refractivity contribution is 7.71. The van der Waals surface area contributed by atoms with Crippen molar-refractivity contribution >= 4 is 12.2 Å². The Balaban J connectivity index is 1.86. The van der Waals surface area contributed by atoms with E-state index in [1.165, 1.54) is 32.4 Å². The van der Waals surface area contributed by atoms with E-state index in [0.29, 0.717) is 0 Å². The summed E-state index contributed by atoms with van der Waals surface area (Å²) in [7, 11) is 2.20. The average Bonchev–Trinajstić information content (AvgIpc) is 2.59. The van der Waals surface area contributed by atoms with Crippen molar-refractivity contribution in [2.45, 2.75) is 32.7 Å². The zero-order chi connectivity index (χ0) is 11.5. The largest absolute Gasteiger partial charge is 0.306 e. The zero-order valence-corrected chi connectivity index (χ0v) is 10.9. The van der Waals surface area contributed by atoms with Crippen molar-refractivity contribution in [2.75, 3.05) is 20.1 Å². The topological polar surface area (TPSA) is 36.9 Å². The predicted molar refractivity (Wildman–Crippen MR) is 67.0 cm³/mol. The first-order valence-corrected chi connectivity index (χ1v) is 6.38. The summed E-state index contributed by atoms with van der Waals surface area (Å²) in [5.74, 6) is 1.85. The van der Waals surface area contributed by atoms with Crippen LogP contribution in [0.3, 0.4) is 0 Å². The Bertz CT molecular complexity index is 387. The molecule has 0 bridgehead atoms. The number of aromatic nitrogens is 3. The number of rotatable bonds is 3. The smallest absolute Gasteiger partial charge is 0.195 e. The van der Waals surface area contributed by atoms with E-state index in [1.807, 2.05) is 6.92 Å². The van der Waals surface area contributed by atoms with Crippen molar-refractivity contribution in [3.8, 4) is 0 Å². The summed E-state index contributed by atoms with van der Waals surface area (Å²) < 4.78 is 2.86. The summed E-state index contributed by atoms with van der Waals surface area (Å²) in [5.41, 5.74) is 0. The van der Waals surface area contributed by atoms with Crippen molar-refractivity contribution in [1.82, 2.24) is 19.7 Å². The molecular weight excluding hydrogens is 220 g/mol. The van der Waals surface area contributed by atoms with Gasteiger partial charge in [0.15, 0.2) is 4.77 Å². The van der Waals surface area contributed by atoms with Crippen LogP contribution in [0, 0.1) is 17.6 Å². The molecular formula is C11H20N4S. The Hall–Kier alpha value is -0.680. The van der Waals surface area contributed by atoms with Gasteiger partial charge in [0.2, 0.25) is 0 Å². The third-order valence-corrected chi connectivity index (χ3v) is 3.86. The van der Waals surface area contributed by atoms with Crippen molar-refractivity contribution in [3.63, 3.8) is 0 Å². The van der Waals surface area contributed by atoms with Gasteiger partial charge in [-0.1, -0.05) is 0 Å². The van der Waals surface area contributed by atoms with Crippen molar-refractivity contribution in [2.24, 2.45) is 5.92 Å². The van der Waals surface area contributed by atoms with Gasteiger partial charge in [-0.05, 0) is 64.5 Å². The van der Waals surface area contributed by atoms with Gasteiger partial charge in [-0.3, -0.25) is 5.10 Å². The van der Waals surface area contributed by atoms with Crippen LogP contribution >= 0.6 is 12.2 Å². The molecule has 5 heteroatoms. The number of aromatic amines is 1. The van der Waals surface area contributed by atoms with E-state index in [0.717, 1.165) is 23.1 Å². The van der Waals surface area contributed by atoms with Crippen LogP contribution in [0.4, 0.5) is 0 Å². The van der Waals surface area contributed by atoms with E-state index in [1.54, 1.807) is 0 Å². The van der Waals surface area contributed by atoms with Gasteiger partial charge in [0.1, 0.15) is 5.82 Å². The third kappa shape index (κ3) is 2.71. The van der Waals surface area contributed by atoms with E-state index in [-0.39, 0.29) is 0 Å². The molecule has 0 aromatic carbocycles. The van der Waals surface area contributed by atoms with Crippen LogP contribution in [-0.4, -0.2) is 39.8 Å². The number of nitrogens with zero attached hydrogens (tertiary/aromatic N) is 3. The minimum atomic E-state index is 0.755. The van der Waals surface area contributed by atoms with Crippen molar-refractivity contribution in [1.29, 1.82) is 0 Å². The quantitative estimate of drug-likeness (QED) is 0.821. The molecule has 0 radical (unpaired) electrons. The number of piperidine rings is 1. The number of nitrogens with one attached hydrogen (secondary N) is 1. The minimum Gasteiger partial charge on any atom is -0.306 e. The molecule has 0 amide bonds. The average molecular weight is 240 g/mol. The molecule has 16 heavy (non-hydrogen) atoms. The summed E-state index contributed by atoms with van der Waals surface area (Å²) >= 11 is 5.20. The number of hydrogen-bond donors (Lipinski definition) is 1. The fourth-order valence-electron chi connectivity index (χ4n) is 2.32. The lowest BCUT2D eigenvalue weighted by Gasteiger charge is -2.28. The molecule has 2 rings (SSSR count). The van der Waals surface area contributed by atoms with E-state index in [4.69, 9.17) is 12.2 Å². The highest BCUT2D eigenvalue weighted by atomic mass is 32.1. The van der Waals surface area contributed by atoms with Gasteiger partial charge in [-0.25, -0.2) is 0 Å². The summed E-state index contributed by atoms with van der Waals surface area (Å²) in [6, 6.07) is 0. The highest BCUT2D eigenvalue weighted by Gasteiger charge is 2.16. The van der Waals surface area contributed by atoms with E-state index < -0.39 is 0 Å². The minimum absolute atomic E-state index is 0.755. The van der Waals surface area contributed by atoms with Crippen LogP contribution in [0.25, 0.3) is 0 Å². The first-order valence-electron chi connectivity index (χ1n) is 5.97. The van der Waals surface area contributed by atoms with E-state index in [9.17, 15) is 0 Å². The molecule has 1 saturated heterocycles. The molecule has 90 valence electrons. The number of H-pyrrole nitrogens is 1. The Morgan fingerprint density at radius 3 is 2.69 bits per heavy atom. The molecule has 1 fully saturated rings. The second-order valence-corrected chi connectivity index (χ2v) is 5.15. The molecule has 4 nitrogen and oxygen atoms in total. The molecule has 1 aromatic heterocycles. The summed E-state index contributed by atoms with van der Waals surface area (Å²) in [5, 5.41) is 6.97. The summed E-state index contributed by atoms with van der Waals surface area (Å²) in [6.07, 6.45) is 3.87. The van der Waals surface area contributed by atoms with Gasteiger partial charge < -0.3 is 9.47 Å². The summed E-state index contributed by atoms with van der Waals surface area (Å²) in [6.45, 7) is 5.48. The van der Waals surface area contributed by atoms with Gasteiger partial charge in [0.05, 0.1) is 0 Å². The standard InChI is InChI=1S/C11H20N4S/c1-9-12-13-11(16)15(9)8-5-10-3-6-14(2)7-4-10/h10H,3-8H2,1-2H3,(H,13,16). The summed E-state index contributed by atoms with van der Waals surface area (Å²) in [4.78, 5) is 2.41. The van der Waals surface area contributed by atoms with Gasteiger partial charge in [0.25, 0.3) is 0 Å². The molecule has 2 heterocycles. The van der Waals surface area contributed by atoms with Crippen molar-refractivity contribution < 1.29 is 0 Å². The highest BCUT2D eigenvalue weighted by Crippen LogP contribution is 2.20. The SMILES string of the molecule is Cc1n[nH]c(=S)n1CCC1CCN(C)CC1. The van der Waals surface area contributed by atoms with Gasteiger partial charge in [-0.15, -0.1) is 0 Å². The first-order chi connectivity index (χ1) is 7.66. The number of aryl methyl sites for hydroxylation is 1. The second kappa shape index (κ2) is 5.10. The lowest BCUT2D eigenvalue weighted by atomic mass is 9.94. The molecule has 0 aliphatic carbocycles. The lowest BCUT2D eigenvalue weighted by Crippen LogP contribution is -2.30. The number of likely N-dealkylation sites (tertiary alicyclic amines) is 1. The lowest BCUT2D eigenvalue weighted by molar-refractivity contribution is 0.207. The van der Waals surface area contributed by atoms with Crippen LogP contribution in [-0.2, 0) is 6.54 Å². The first kappa shape index (κ1) is 11.8. The Morgan fingerprint density at radius 2 is 2.12 bits per heavy atom. The Labute approximate surface area is 102 Å². The molecule has 1 N–H and O–H groups in total. The fourth-order valence-corrected chi connectivity index (χ4v) is 2.59. The van der Waals surface area contributed by atoms with Gasteiger partial charge in [-0.2, -0.15) is 5.10 Å². The van der Waals surface area contributed by atoms with Crippen LogP contribution in [0.15, 0.2) is 0 Å². The van der Waals surface area contributed by atoms with Crippen LogP contribution in [0.1, 0.15) is 25.1 Å². The molecule has 1 aromatic rings. The fraction of sp³-hybridized carbons (Fsp3) is 0.818. The monoisotopic (exact) mass is 240 g/mol. The molecule has 0 saturated carbocycles. The third-order valence-electron chi connectivity index (χ3n) is 3.55. The van der Waals surface area contributed by atoms with E-state index in [2.05, 4.69) is 26.7 Å². The predicted octanol–water partition coefficient (Wildman–Crippen LogP) is 1.98. The van der Waals surface area contributed by atoms with Crippen LogP contribution < -0.4 is 0 Å². The zero-order valence-electron chi connectivity index (χ0n) is 10.1. The van der Waals surface area contributed by atoms with Gasteiger partial charge in [0, 0.05) is 6.54 Å². The molecule has 0 spiro atoms. The second-order valence-electron chi connectivity index (χ2n) is 4.76. The molecule has 1 aliphatic heterocycles. The maximum atomic E-state index is 5.20. The maximum absolute atomic E-state index is 5.20.